The average molecular weight is 826 g/mol. The zero-order chi connectivity index (χ0) is 41.8. The van der Waals surface area contributed by atoms with Crippen LogP contribution in [0.1, 0.15) is 105 Å². The first-order chi connectivity index (χ1) is 27.8. The highest BCUT2D eigenvalue weighted by molar-refractivity contribution is 7.17. The highest BCUT2D eigenvalue weighted by atomic mass is 32.1. The van der Waals surface area contributed by atoms with Crippen LogP contribution in [0.4, 0.5) is 10.7 Å². The van der Waals surface area contributed by atoms with Crippen molar-refractivity contribution < 1.29 is 34.2 Å². The van der Waals surface area contributed by atoms with E-state index in [1.807, 2.05) is 54.6 Å². The topological polar surface area (TPSA) is 160 Å². The number of thiophene rings is 1. The molecule has 59 heavy (non-hydrogen) atoms. The number of nitrogens with one attached hydrogen (secondary N) is 2. The van der Waals surface area contributed by atoms with Gasteiger partial charge < -0.3 is 25.7 Å². The summed E-state index contributed by atoms with van der Waals surface area (Å²) < 4.78 is 0. The Kier molecular flexibility index (Phi) is 17.4. The Morgan fingerprint density at radius 2 is 1.39 bits per heavy atom. The third-order valence-corrected chi connectivity index (χ3v) is 11.9. The lowest BCUT2D eigenvalue weighted by Gasteiger charge is -2.32. The largest absolute Gasteiger partial charge is 0.480 e. The molecule has 4 aromatic rings. The summed E-state index contributed by atoms with van der Waals surface area (Å²) >= 11 is 1.48. The van der Waals surface area contributed by atoms with Gasteiger partial charge in [-0.15, -0.1) is 11.3 Å². The van der Waals surface area contributed by atoms with Crippen LogP contribution >= 0.6 is 11.3 Å². The molecule has 0 saturated heterocycles. The minimum Gasteiger partial charge on any atom is -0.480 e. The van der Waals surface area contributed by atoms with Crippen LogP contribution < -0.4 is 10.6 Å². The number of hydrogen-bond acceptors (Lipinski definition) is 8. The van der Waals surface area contributed by atoms with Gasteiger partial charge >= 0.3 is 11.9 Å². The lowest BCUT2D eigenvalue weighted by atomic mass is 9.95. The standard InChI is InChI=1S/C45H55N5O7S.CH4/c1-5-36(6-2)50(25-24-49(4)39(51)28-48(3)29-40(52)53)27-32-10-9-11-34(26-32)42(54)47-44-41(37-12-7-8-13-38(37)58-44)43(55)46-35-22-18-31(19-23-35)15-14-30-16-20-33(21-17-30)45(56)57;/h9-11,16-23,26,36H,5-8,12-15,24-25,27-29H2,1-4H3,(H,46,55)(H,47,54)(H,52,53)(H,56,57);1H4. The monoisotopic (exact) mass is 825 g/mol. The molecule has 1 aromatic heterocycles. The van der Waals surface area contributed by atoms with Gasteiger partial charge in [0.1, 0.15) is 5.00 Å². The Morgan fingerprint density at radius 1 is 0.746 bits per heavy atom. The number of aliphatic carboxylic acids is 1. The van der Waals surface area contributed by atoms with E-state index in [1.165, 1.54) is 16.2 Å². The maximum atomic E-state index is 13.9. The molecule has 4 N–H and O–H groups in total. The summed E-state index contributed by atoms with van der Waals surface area (Å²) in [6.07, 6.45) is 7.01. The number of carboxylic acids is 2. The van der Waals surface area contributed by atoms with E-state index in [9.17, 15) is 24.0 Å². The molecule has 3 aromatic carbocycles. The molecule has 0 spiro atoms. The Bertz CT molecular complexity index is 2060. The minimum absolute atomic E-state index is 0. The number of carbonyl (C=O) groups excluding carboxylic acids is 3. The molecule has 1 aliphatic carbocycles. The highest BCUT2D eigenvalue weighted by Gasteiger charge is 2.27. The van der Waals surface area contributed by atoms with Crippen molar-refractivity contribution in [2.75, 3.05) is 50.9 Å². The van der Waals surface area contributed by atoms with Crippen molar-refractivity contribution in [3.8, 4) is 0 Å². The van der Waals surface area contributed by atoms with E-state index in [1.54, 1.807) is 37.2 Å². The molecule has 0 aliphatic heterocycles. The maximum absolute atomic E-state index is 13.9. The van der Waals surface area contributed by atoms with Crippen LogP contribution in [0.15, 0.2) is 72.8 Å². The second-order valence-electron chi connectivity index (χ2n) is 15.0. The summed E-state index contributed by atoms with van der Waals surface area (Å²) in [5, 5.41) is 24.9. The van der Waals surface area contributed by atoms with Crippen LogP contribution in [-0.2, 0) is 41.8 Å². The third-order valence-electron chi connectivity index (χ3n) is 10.7. The van der Waals surface area contributed by atoms with E-state index in [-0.39, 0.29) is 49.8 Å². The summed E-state index contributed by atoms with van der Waals surface area (Å²) in [6.45, 7) is 5.75. The van der Waals surface area contributed by atoms with Gasteiger partial charge in [-0.2, -0.15) is 0 Å². The molecular weight excluding hydrogens is 767 g/mol. The number of aryl methyl sites for hydroxylation is 3. The summed E-state index contributed by atoms with van der Waals surface area (Å²) in [5.41, 5.74) is 6.02. The first-order valence-electron chi connectivity index (χ1n) is 20.0. The number of aromatic carboxylic acids is 1. The first kappa shape index (κ1) is 46.3. The van der Waals surface area contributed by atoms with E-state index in [0.717, 1.165) is 78.5 Å². The van der Waals surface area contributed by atoms with Crippen LogP contribution in [0.5, 0.6) is 0 Å². The van der Waals surface area contributed by atoms with Gasteiger partial charge in [-0.3, -0.25) is 29.0 Å². The number of hydrogen-bond donors (Lipinski definition) is 4. The summed E-state index contributed by atoms with van der Waals surface area (Å²) in [6, 6.07) is 22.4. The molecular formula is C46H59N5O7S. The van der Waals surface area contributed by atoms with Crippen molar-refractivity contribution >= 4 is 51.7 Å². The molecule has 13 heteroatoms. The molecule has 0 unspecified atom stereocenters. The van der Waals surface area contributed by atoms with E-state index in [2.05, 4.69) is 29.4 Å². The zero-order valence-electron chi connectivity index (χ0n) is 33.9. The Morgan fingerprint density at radius 3 is 2.02 bits per heavy atom. The molecule has 0 saturated carbocycles. The van der Waals surface area contributed by atoms with Crippen LogP contribution in [0.3, 0.4) is 0 Å². The fourth-order valence-corrected chi connectivity index (χ4v) is 8.69. The van der Waals surface area contributed by atoms with E-state index in [4.69, 9.17) is 10.2 Å². The van der Waals surface area contributed by atoms with Gasteiger partial charge in [0.15, 0.2) is 0 Å². The van der Waals surface area contributed by atoms with Crippen LogP contribution in [0.25, 0.3) is 0 Å². The number of benzene rings is 3. The molecule has 1 aliphatic rings. The number of anilines is 2. The second-order valence-corrected chi connectivity index (χ2v) is 16.1. The van der Waals surface area contributed by atoms with Gasteiger partial charge in [0.05, 0.1) is 24.2 Å². The lowest BCUT2D eigenvalue weighted by Crippen LogP contribution is -2.44. The fourth-order valence-electron chi connectivity index (χ4n) is 7.40. The van der Waals surface area contributed by atoms with Crippen molar-refractivity contribution in [1.82, 2.24) is 14.7 Å². The third kappa shape index (κ3) is 13.1. The van der Waals surface area contributed by atoms with E-state index >= 15 is 0 Å². The molecule has 0 atom stereocenters. The molecule has 0 radical (unpaired) electrons. The van der Waals surface area contributed by atoms with Crippen molar-refractivity contribution in [2.24, 2.45) is 0 Å². The number of amides is 3. The predicted octanol–water partition coefficient (Wildman–Crippen LogP) is 7.72. The molecule has 316 valence electrons. The molecule has 5 rings (SSSR count). The van der Waals surface area contributed by atoms with Gasteiger partial charge in [0.2, 0.25) is 5.91 Å². The molecule has 0 bridgehead atoms. The van der Waals surface area contributed by atoms with Crippen LogP contribution in [-0.4, -0.2) is 101 Å². The summed E-state index contributed by atoms with van der Waals surface area (Å²) in [5.74, 6) is -2.62. The van der Waals surface area contributed by atoms with Crippen molar-refractivity contribution in [1.29, 1.82) is 0 Å². The van der Waals surface area contributed by atoms with Crippen molar-refractivity contribution in [2.45, 2.75) is 85.2 Å². The maximum Gasteiger partial charge on any atom is 0.335 e. The smallest absolute Gasteiger partial charge is 0.335 e. The number of fused-ring (bicyclic) bond motifs is 1. The molecule has 0 fully saturated rings. The Hall–Kier alpha value is -5.37. The number of likely N-dealkylation sites (N-methyl/N-ethyl adjacent to an activating group) is 2. The zero-order valence-corrected chi connectivity index (χ0v) is 34.7. The number of rotatable bonds is 20. The summed E-state index contributed by atoms with van der Waals surface area (Å²) in [4.78, 5) is 69.4. The van der Waals surface area contributed by atoms with Gasteiger partial charge in [-0.1, -0.05) is 57.7 Å². The quantitative estimate of drug-likeness (QED) is 0.0700. The highest BCUT2D eigenvalue weighted by Crippen LogP contribution is 2.39. The van der Waals surface area contributed by atoms with Gasteiger partial charge in [0, 0.05) is 48.9 Å². The molecule has 1 heterocycles. The van der Waals surface area contributed by atoms with Crippen LogP contribution in [0, 0.1) is 0 Å². The number of carbonyl (C=O) groups is 5. The van der Waals surface area contributed by atoms with E-state index < -0.39 is 11.9 Å². The van der Waals surface area contributed by atoms with Crippen LogP contribution in [0.2, 0.25) is 0 Å². The first-order valence-corrected chi connectivity index (χ1v) is 20.8. The number of carboxylic acid groups (broad SMARTS) is 2. The minimum atomic E-state index is -0.981. The Balaban J connectivity index is 0.00000769. The summed E-state index contributed by atoms with van der Waals surface area (Å²) in [7, 11) is 3.34. The normalized spacial score (nSPS) is 12.2. The molecule has 3 amide bonds. The Labute approximate surface area is 352 Å². The van der Waals surface area contributed by atoms with Gasteiger partial charge in [-0.05, 0) is 117 Å². The van der Waals surface area contributed by atoms with Crippen molar-refractivity contribution in [3.63, 3.8) is 0 Å². The lowest BCUT2D eigenvalue weighted by molar-refractivity contribution is -0.139. The number of nitrogens with zero attached hydrogens (tertiary/aromatic N) is 3. The second kappa shape index (κ2) is 22.1. The predicted molar refractivity (Wildman–Crippen MR) is 235 cm³/mol. The fraction of sp³-hybridized carbons (Fsp3) is 0.413. The van der Waals surface area contributed by atoms with Gasteiger partial charge in [0.25, 0.3) is 11.8 Å². The molecule has 12 nitrogen and oxygen atoms in total. The average Bonchev–Trinajstić information content (AvgIpc) is 3.57. The van der Waals surface area contributed by atoms with Crippen molar-refractivity contribution in [3.05, 3.63) is 117 Å². The SMILES string of the molecule is C.CCC(CC)N(CCN(C)C(=O)CN(C)CC(=O)O)Cc1cccc(C(=O)Nc2sc3c(c2C(=O)Nc2ccc(CCc4ccc(C(=O)O)cc4)cc2)CCCC3)c1. The van der Waals surface area contributed by atoms with E-state index in [0.29, 0.717) is 41.4 Å². The van der Waals surface area contributed by atoms with Gasteiger partial charge in [-0.25, -0.2) is 4.79 Å².